The van der Waals surface area contributed by atoms with E-state index in [0.717, 1.165) is 12.1 Å². The first kappa shape index (κ1) is 25.8. The van der Waals surface area contributed by atoms with Crippen molar-refractivity contribution in [2.24, 2.45) is 5.92 Å². The van der Waals surface area contributed by atoms with Gasteiger partial charge in [-0.15, -0.1) is 29.6 Å². The van der Waals surface area contributed by atoms with Gasteiger partial charge in [-0.1, -0.05) is 35.2 Å². The Morgan fingerprint density at radius 2 is 1.72 bits per heavy atom. The molecule has 3 aromatic rings. The van der Waals surface area contributed by atoms with Gasteiger partial charge in [0.25, 0.3) is 5.91 Å². The van der Waals surface area contributed by atoms with E-state index < -0.39 is 33.8 Å². The Labute approximate surface area is 226 Å². The van der Waals surface area contributed by atoms with Crippen molar-refractivity contribution in [2.45, 2.75) is 10.3 Å². The second-order valence-corrected chi connectivity index (χ2v) is 10.2. The van der Waals surface area contributed by atoms with E-state index >= 15 is 0 Å². The van der Waals surface area contributed by atoms with Crippen LogP contribution in [0.15, 0.2) is 54.6 Å². The van der Waals surface area contributed by atoms with Crippen molar-refractivity contribution in [1.82, 2.24) is 0 Å². The van der Waals surface area contributed by atoms with Crippen molar-refractivity contribution in [3.05, 3.63) is 92.7 Å². The molecule has 36 heavy (non-hydrogen) atoms. The highest BCUT2D eigenvalue weighted by Crippen LogP contribution is 2.65. The lowest BCUT2D eigenvalue weighted by Gasteiger charge is -2.11. The normalized spacial score (nSPS) is 17.4. The van der Waals surface area contributed by atoms with Gasteiger partial charge in [-0.2, -0.15) is 5.26 Å². The monoisotopic (exact) mass is 559 g/mol. The summed E-state index contributed by atoms with van der Waals surface area (Å²) in [6, 6.07) is 14.5. The molecule has 0 bridgehead atoms. The number of terminal acetylenes is 1. The number of nitrogens with one attached hydrogen (secondary N) is 2. The number of nitrogens with zero attached hydrogens (tertiary/aromatic N) is 1. The number of nitriles is 1. The summed E-state index contributed by atoms with van der Waals surface area (Å²) in [4.78, 5) is 25.8. The molecule has 5 nitrogen and oxygen atoms in total. The second kappa shape index (κ2) is 10.0. The molecule has 0 spiro atoms. The lowest BCUT2D eigenvalue weighted by molar-refractivity contribution is -0.117. The van der Waals surface area contributed by atoms with E-state index in [-0.39, 0.29) is 27.5 Å². The van der Waals surface area contributed by atoms with Crippen LogP contribution in [0.3, 0.4) is 0 Å². The van der Waals surface area contributed by atoms with Crippen LogP contribution in [-0.4, -0.2) is 16.1 Å². The minimum Gasteiger partial charge on any atom is -0.326 e. The van der Waals surface area contributed by atoms with Crippen LogP contribution < -0.4 is 10.6 Å². The lowest BCUT2D eigenvalue weighted by Crippen LogP contribution is -2.18. The molecule has 1 aliphatic carbocycles. The van der Waals surface area contributed by atoms with Gasteiger partial charge in [0.05, 0.1) is 32.8 Å². The summed E-state index contributed by atoms with van der Waals surface area (Å²) in [5.74, 6) is -0.603. The standard InChI is InChI=1S/C26H14Cl4FN3O2/c1-2-13-3-4-14(10-20(13)28)22-23(26(22,29)30)25(36)33-17-6-7-19(27)18(11-17)24(35)34-21-8-5-16(31)9-15(21)12-32/h1,3-11,22-23H,(H,33,36)(H,34,35)/t22-,23+/m0/s1. The average Bonchev–Trinajstić information content (AvgIpc) is 3.43. The first-order valence-electron chi connectivity index (χ1n) is 10.3. The van der Waals surface area contributed by atoms with Gasteiger partial charge in [0, 0.05) is 17.2 Å². The third kappa shape index (κ3) is 5.00. The molecule has 0 heterocycles. The fourth-order valence-electron chi connectivity index (χ4n) is 3.81. The number of hydrogen-bond donors (Lipinski definition) is 2. The van der Waals surface area contributed by atoms with Crippen molar-refractivity contribution in [3.63, 3.8) is 0 Å². The molecule has 2 N–H and O–H groups in total. The number of anilines is 2. The molecular weight excluding hydrogens is 547 g/mol. The zero-order valence-corrected chi connectivity index (χ0v) is 21.1. The Hall–Kier alpha value is -3.26. The van der Waals surface area contributed by atoms with Crippen molar-refractivity contribution in [1.29, 1.82) is 5.26 Å². The summed E-state index contributed by atoms with van der Waals surface area (Å²) >= 11 is 25.2. The van der Waals surface area contributed by atoms with Crippen molar-refractivity contribution >= 4 is 69.6 Å². The van der Waals surface area contributed by atoms with E-state index in [1.54, 1.807) is 18.2 Å². The number of benzene rings is 3. The highest BCUT2D eigenvalue weighted by Gasteiger charge is 2.67. The molecule has 4 rings (SSSR count). The van der Waals surface area contributed by atoms with Crippen LogP contribution in [0.2, 0.25) is 10.0 Å². The summed E-state index contributed by atoms with van der Waals surface area (Å²) in [5.41, 5.74) is 1.51. The Morgan fingerprint density at radius 1 is 0.972 bits per heavy atom. The Morgan fingerprint density at radius 3 is 2.39 bits per heavy atom. The van der Waals surface area contributed by atoms with E-state index in [2.05, 4.69) is 16.6 Å². The third-order valence-corrected chi connectivity index (χ3v) is 7.26. The van der Waals surface area contributed by atoms with E-state index in [0.29, 0.717) is 16.1 Å². The van der Waals surface area contributed by atoms with E-state index in [1.165, 1.54) is 24.3 Å². The van der Waals surface area contributed by atoms with Crippen LogP contribution >= 0.6 is 46.4 Å². The van der Waals surface area contributed by atoms with Gasteiger partial charge in [-0.3, -0.25) is 9.59 Å². The zero-order chi connectivity index (χ0) is 26.2. The van der Waals surface area contributed by atoms with E-state index in [9.17, 15) is 19.2 Å². The summed E-state index contributed by atoms with van der Waals surface area (Å²) in [7, 11) is 0. The fraction of sp³-hybridized carbons (Fsp3) is 0.115. The predicted octanol–water partition coefficient (Wildman–Crippen LogP) is 6.76. The maximum atomic E-state index is 13.4. The van der Waals surface area contributed by atoms with Gasteiger partial charge >= 0.3 is 0 Å². The third-order valence-electron chi connectivity index (χ3n) is 5.67. The van der Waals surface area contributed by atoms with Crippen LogP contribution in [0.1, 0.15) is 33.0 Å². The molecule has 2 atom stereocenters. The minimum atomic E-state index is -1.37. The van der Waals surface area contributed by atoms with Crippen LogP contribution in [0.25, 0.3) is 0 Å². The number of carbonyl (C=O) groups is 2. The number of hydrogen-bond acceptors (Lipinski definition) is 3. The number of amides is 2. The van der Waals surface area contributed by atoms with Gasteiger partial charge in [0.2, 0.25) is 5.91 Å². The molecule has 3 aromatic carbocycles. The summed E-state index contributed by atoms with van der Waals surface area (Å²) in [6.07, 6.45) is 5.40. The molecular formula is C26H14Cl4FN3O2. The van der Waals surface area contributed by atoms with Gasteiger partial charge in [0.1, 0.15) is 16.2 Å². The molecule has 0 unspecified atom stereocenters. The van der Waals surface area contributed by atoms with Crippen molar-refractivity contribution in [2.75, 3.05) is 10.6 Å². The number of rotatable bonds is 5. The molecule has 0 aromatic heterocycles. The Bertz CT molecular complexity index is 1490. The molecule has 2 amide bonds. The fourth-order valence-corrected chi connectivity index (χ4v) is 5.09. The minimum absolute atomic E-state index is 0.0229. The van der Waals surface area contributed by atoms with Gasteiger partial charge in [0.15, 0.2) is 0 Å². The molecule has 1 fully saturated rings. The smallest absolute Gasteiger partial charge is 0.257 e. The van der Waals surface area contributed by atoms with E-state index in [4.69, 9.17) is 52.8 Å². The maximum absolute atomic E-state index is 13.4. The van der Waals surface area contributed by atoms with Crippen molar-refractivity contribution in [3.8, 4) is 18.4 Å². The summed E-state index contributed by atoms with van der Waals surface area (Å²) < 4.78 is 12.0. The van der Waals surface area contributed by atoms with Gasteiger partial charge in [-0.25, -0.2) is 4.39 Å². The summed E-state index contributed by atoms with van der Waals surface area (Å²) in [6.45, 7) is 0. The first-order chi connectivity index (χ1) is 17.1. The van der Waals surface area contributed by atoms with E-state index in [1.807, 2.05) is 6.07 Å². The number of alkyl halides is 2. The molecule has 0 radical (unpaired) electrons. The molecule has 1 saturated carbocycles. The largest absolute Gasteiger partial charge is 0.326 e. The molecule has 180 valence electrons. The number of carbonyl (C=O) groups excluding carboxylic acids is 2. The molecule has 0 saturated heterocycles. The first-order valence-corrected chi connectivity index (χ1v) is 11.8. The van der Waals surface area contributed by atoms with Crippen LogP contribution in [-0.2, 0) is 4.79 Å². The van der Waals surface area contributed by atoms with Crippen molar-refractivity contribution < 1.29 is 14.0 Å². The highest BCUT2D eigenvalue weighted by atomic mass is 35.5. The lowest BCUT2D eigenvalue weighted by atomic mass is 10.1. The van der Waals surface area contributed by atoms with Crippen LogP contribution in [0.4, 0.5) is 15.8 Å². The Kier molecular flexibility index (Phi) is 7.18. The van der Waals surface area contributed by atoms with Gasteiger partial charge in [-0.05, 0) is 54.1 Å². The number of halogens is 5. The SMILES string of the molecule is C#Cc1ccc([C@H]2[C@H](C(=O)Nc3ccc(Cl)c(C(=O)Nc4ccc(F)cc4C#N)c3)C2(Cl)Cl)cc1Cl. The zero-order valence-electron chi connectivity index (χ0n) is 18.1. The van der Waals surface area contributed by atoms with Gasteiger partial charge < -0.3 is 10.6 Å². The molecule has 0 aliphatic heterocycles. The highest BCUT2D eigenvalue weighted by molar-refractivity contribution is 6.53. The summed E-state index contributed by atoms with van der Waals surface area (Å²) in [5, 5.41) is 14.9. The quantitative estimate of drug-likeness (QED) is 0.267. The molecule has 1 aliphatic rings. The Balaban J connectivity index is 1.52. The van der Waals surface area contributed by atoms with Crippen LogP contribution in [0.5, 0.6) is 0 Å². The average molecular weight is 561 g/mol. The predicted molar refractivity (Wildman–Crippen MR) is 139 cm³/mol. The second-order valence-electron chi connectivity index (χ2n) is 7.95. The molecule has 10 heteroatoms. The topological polar surface area (TPSA) is 82.0 Å². The maximum Gasteiger partial charge on any atom is 0.257 e. The van der Waals surface area contributed by atoms with Crippen LogP contribution in [0, 0.1) is 35.4 Å².